The van der Waals surface area contributed by atoms with E-state index in [0.29, 0.717) is 12.6 Å². The van der Waals surface area contributed by atoms with Crippen molar-refractivity contribution in [3.63, 3.8) is 0 Å². The van der Waals surface area contributed by atoms with E-state index in [-0.39, 0.29) is 6.04 Å². The molecule has 0 aliphatic rings. The number of aromatic nitrogens is 1. The second-order valence-corrected chi connectivity index (χ2v) is 5.33. The number of hydrogen-bond donors (Lipinski definition) is 1. The molecular formula is C16H29N3. The van der Waals surface area contributed by atoms with Gasteiger partial charge < -0.3 is 5.73 Å². The van der Waals surface area contributed by atoms with Crippen molar-refractivity contribution >= 4 is 0 Å². The first-order valence-corrected chi connectivity index (χ1v) is 7.52. The third-order valence-electron chi connectivity index (χ3n) is 3.87. The zero-order valence-corrected chi connectivity index (χ0v) is 12.9. The molecular weight excluding hydrogens is 234 g/mol. The Hall–Kier alpha value is -0.930. The summed E-state index contributed by atoms with van der Waals surface area (Å²) < 4.78 is 0. The largest absolute Gasteiger partial charge is 0.329 e. The lowest BCUT2D eigenvalue weighted by molar-refractivity contribution is 0.140. The highest BCUT2D eigenvalue weighted by molar-refractivity contribution is 5.18. The van der Waals surface area contributed by atoms with Crippen molar-refractivity contribution in [2.45, 2.75) is 59.0 Å². The molecule has 0 fully saturated rings. The zero-order chi connectivity index (χ0) is 14.3. The van der Waals surface area contributed by atoms with E-state index in [4.69, 9.17) is 5.73 Å². The van der Waals surface area contributed by atoms with Gasteiger partial charge in [-0.1, -0.05) is 26.3 Å². The number of hydrogen-bond acceptors (Lipinski definition) is 3. The van der Waals surface area contributed by atoms with Crippen molar-refractivity contribution in [3.05, 3.63) is 29.6 Å². The molecule has 19 heavy (non-hydrogen) atoms. The van der Waals surface area contributed by atoms with Gasteiger partial charge in [0.15, 0.2) is 0 Å². The van der Waals surface area contributed by atoms with Crippen molar-refractivity contribution in [1.82, 2.24) is 9.88 Å². The SMILES string of the molecule is CCCCN(C(C)CC)C(CN)c1ccc(C)nc1. The van der Waals surface area contributed by atoms with E-state index >= 15 is 0 Å². The van der Waals surface area contributed by atoms with Gasteiger partial charge in [0.05, 0.1) is 0 Å². The first-order valence-electron chi connectivity index (χ1n) is 7.52. The number of pyridine rings is 1. The Labute approximate surface area is 118 Å². The Morgan fingerprint density at radius 1 is 1.32 bits per heavy atom. The number of unbranched alkanes of at least 4 members (excludes halogenated alkanes) is 1. The average Bonchev–Trinajstić information content (AvgIpc) is 2.44. The molecule has 3 heteroatoms. The summed E-state index contributed by atoms with van der Waals surface area (Å²) in [6.45, 7) is 10.6. The van der Waals surface area contributed by atoms with Crippen molar-refractivity contribution in [2.75, 3.05) is 13.1 Å². The molecule has 0 saturated heterocycles. The van der Waals surface area contributed by atoms with Gasteiger partial charge in [-0.15, -0.1) is 0 Å². The highest BCUT2D eigenvalue weighted by Gasteiger charge is 2.22. The molecule has 0 bridgehead atoms. The second-order valence-electron chi connectivity index (χ2n) is 5.33. The molecule has 0 amide bonds. The predicted octanol–water partition coefficient (Wildman–Crippen LogP) is 3.29. The fourth-order valence-electron chi connectivity index (χ4n) is 2.40. The van der Waals surface area contributed by atoms with Crippen LogP contribution in [0, 0.1) is 6.92 Å². The van der Waals surface area contributed by atoms with E-state index < -0.39 is 0 Å². The molecule has 1 aromatic heterocycles. The maximum absolute atomic E-state index is 6.04. The van der Waals surface area contributed by atoms with Crippen molar-refractivity contribution < 1.29 is 0 Å². The van der Waals surface area contributed by atoms with Gasteiger partial charge in [0.25, 0.3) is 0 Å². The van der Waals surface area contributed by atoms with E-state index in [1.54, 1.807) is 0 Å². The van der Waals surface area contributed by atoms with Gasteiger partial charge in [-0.3, -0.25) is 9.88 Å². The highest BCUT2D eigenvalue weighted by Crippen LogP contribution is 2.23. The maximum atomic E-state index is 6.04. The highest BCUT2D eigenvalue weighted by atomic mass is 15.2. The first-order chi connectivity index (χ1) is 9.13. The fourth-order valence-corrected chi connectivity index (χ4v) is 2.40. The summed E-state index contributed by atoms with van der Waals surface area (Å²) in [6, 6.07) is 5.09. The van der Waals surface area contributed by atoms with Crippen molar-refractivity contribution in [1.29, 1.82) is 0 Å². The minimum Gasteiger partial charge on any atom is -0.329 e. The average molecular weight is 263 g/mol. The molecule has 0 aliphatic heterocycles. The van der Waals surface area contributed by atoms with Crippen LogP contribution in [0.25, 0.3) is 0 Å². The number of nitrogens with two attached hydrogens (primary N) is 1. The van der Waals surface area contributed by atoms with E-state index in [2.05, 4.69) is 42.8 Å². The molecule has 0 saturated carbocycles. The van der Waals surface area contributed by atoms with E-state index in [1.165, 1.54) is 18.4 Å². The van der Waals surface area contributed by atoms with Gasteiger partial charge in [0, 0.05) is 30.5 Å². The van der Waals surface area contributed by atoms with Gasteiger partial charge in [0.2, 0.25) is 0 Å². The van der Waals surface area contributed by atoms with Crippen LogP contribution in [0.5, 0.6) is 0 Å². The van der Waals surface area contributed by atoms with Crippen LogP contribution in [0.2, 0.25) is 0 Å². The predicted molar refractivity (Wildman–Crippen MR) is 82.1 cm³/mol. The lowest BCUT2D eigenvalue weighted by Gasteiger charge is -2.35. The first kappa shape index (κ1) is 16.1. The van der Waals surface area contributed by atoms with Crippen LogP contribution in [-0.2, 0) is 0 Å². The molecule has 1 aromatic rings. The normalized spacial score (nSPS) is 14.6. The molecule has 1 heterocycles. The summed E-state index contributed by atoms with van der Waals surface area (Å²) in [4.78, 5) is 6.95. The monoisotopic (exact) mass is 263 g/mol. The minimum atomic E-state index is 0.287. The number of rotatable bonds is 8. The summed E-state index contributed by atoms with van der Waals surface area (Å²) in [5, 5.41) is 0. The number of nitrogens with zero attached hydrogens (tertiary/aromatic N) is 2. The Morgan fingerprint density at radius 3 is 2.53 bits per heavy atom. The third-order valence-corrected chi connectivity index (χ3v) is 3.87. The van der Waals surface area contributed by atoms with Crippen LogP contribution >= 0.6 is 0 Å². The fraction of sp³-hybridized carbons (Fsp3) is 0.688. The summed E-state index contributed by atoms with van der Waals surface area (Å²) >= 11 is 0. The van der Waals surface area contributed by atoms with E-state index in [0.717, 1.165) is 18.7 Å². The summed E-state index contributed by atoms with van der Waals surface area (Å²) in [7, 11) is 0. The van der Waals surface area contributed by atoms with Gasteiger partial charge in [-0.05, 0) is 44.9 Å². The molecule has 3 nitrogen and oxygen atoms in total. The lowest BCUT2D eigenvalue weighted by atomic mass is 10.0. The summed E-state index contributed by atoms with van der Waals surface area (Å²) in [5.41, 5.74) is 8.34. The molecule has 2 N–H and O–H groups in total. The Balaban J connectivity index is 2.91. The molecule has 0 aromatic carbocycles. The van der Waals surface area contributed by atoms with Crippen molar-refractivity contribution in [3.8, 4) is 0 Å². The van der Waals surface area contributed by atoms with Gasteiger partial charge >= 0.3 is 0 Å². The Morgan fingerprint density at radius 2 is 2.05 bits per heavy atom. The summed E-state index contributed by atoms with van der Waals surface area (Å²) in [5.74, 6) is 0. The Kier molecular flexibility index (Phi) is 7.03. The molecule has 2 atom stereocenters. The maximum Gasteiger partial charge on any atom is 0.0488 e. The van der Waals surface area contributed by atoms with Gasteiger partial charge in [-0.2, -0.15) is 0 Å². The smallest absolute Gasteiger partial charge is 0.0488 e. The van der Waals surface area contributed by atoms with Gasteiger partial charge in [-0.25, -0.2) is 0 Å². The topological polar surface area (TPSA) is 42.1 Å². The zero-order valence-electron chi connectivity index (χ0n) is 12.9. The summed E-state index contributed by atoms with van der Waals surface area (Å²) in [6.07, 6.45) is 5.57. The van der Waals surface area contributed by atoms with Crippen LogP contribution in [0.3, 0.4) is 0 Å². The molecule has 1 rings (SSSR count). The quantitative estimate of drug-likeness (QED) is 0.782. The third kappa shape index (κ3) is 4.59. The van der Waals surface area contributed by atoms with Crippen LogP contribution in [0.4, 0.5) is 0 Å². The minimum absolute atomic E-state index is 0.287. The molecule has 2 unspecified atom stereocenters. The second kappa shape index (κ2) is 8.28. The van der Waals surface area contributed by atoms with Crippen LogP contribution in [0.15, 0.2) is 18.3 Å². The lowest BCUT2D eigenvalue weighted by Crippen LogP contribution is -2.40. The van der Waals surface area contributed by atoms with Crippen molar-refractivity contribution in [2.24, 2.45) is 5.73 Å². The standard InChI is InChI=1S/C16H29N3/c1-5-7-10-19(14(4)6-2)16(11-17)15-9-8-13(3)18-12-15/h8-9,12,14,16H,5-7,10-11,17H2,1-4H3. The Bertz CT molecular complexity index is 348. The number of aryl methyl sites for hydroxylation is 1. The van der Waals surface area contributed by atoms with Crippen LogP contribution < -0.4 is 5.73 Å². The van der Waals surface area contributed by atoms with E-state index in [9.17, 15) is 0 Å². The van der Waals surface area contributed by atoms with Crippen LogP contribution in [-0.4, -0.2) is 29.0 Å². The van der Waals surface area contributed by atoms with Crippen LogP contribution in [0.1, 0.15) is 57.3 Å². The molecule has 0 aliphatic carbocycles. The molecule has 0 radical (unpaired) electrons. The van der Waals surface area contributed by atoms with Gasteiger partial charge in [0.1, 0.15) is 0 Å². The molecule has 108 valence electrons. The molecule has 0 spiro atoms. The van der Waals surface area contributed by atoms with E-state index in [1.807, 2.05) is 13.1 Å².